The molecule has 0 radical (unpaired) electrons. The fourth-order valence-electron chi connectivity index (χ4n) is 0.809. The van der Waals surface area contributed by atoms with Crippen LogP contribution in [0.15, 0.2) is 30.3 Å². The van der Waals surface area contributed by atoms with Gasteiger partial charge < -0.3 is 0 Å². The van der Waals surface area contributed by atoms with Gasteiger partial charge in [-0.1, -0.05) is 38.7 Å². The van der Waals surface area contributed by atoms with Crippen LogP contribution in [0.3, 0.4) is 0 Å². The molecular formula is C12H17NS. The van der Waals surface area contributed by atoms with Gasteiger partial charge in [0, 0.05) is 0 Å². The minimum absolute atomic E-state index is 0.994. The number of hydrogen-bond acceptors (Lipinski definition) is 2. The number of rotatable bonds is 2. The summed E-state index contributed by atoms with van der Waals surface area (Å²) in [7, 11) is 0. The van der Waals surface area contributed by atoms with Crippen LogP contribution in [0.5, 0.6) is 0 Å². The first-order valence-corrected chi connectivity index (χ1v) is 5.61. The zero-order valence-electron chi connectivity index (χ0n) is 9.03. The Balaban J connectivity index is 0.000000791. The molecule has 0 spiro atoms. The summed E-state index contributed by atoms with van der Waals surface area (Å²) in [5, 5.41) is 0.994. The maximum Gasteiger partial charge on any atom is 0.0811 e. The van der Waals surface area contributed by atoms with E-state index in [9.17, 15) is 0 Å². The molecule has 1 nitrogen and oxygen atoms in total. The second-order valence-electron chi connectivity index (χ2n) is 2.20. The molecule has 0 saturated carbocycles. The lowest BCUT2D eigenvalue weighted by Crippen LogP contribution is -2.19. The van der Waals surface area contributed by atoms with Gasteiger partial charge in [0.15, 0.2) is 0 Å². The van der Waals surface area contributed by atoms with Gasteiger partial charge in [-0.15, -0.1) is 11.3 Å². The molecule has 0 N–H and O–H groups in total. The molecule has 1 aromatic rings. The molecule has 0 atom stereocenters. The largest absolute Gasteiger partial charge is 0.245 e. The third kappa shape index (κ3) is 4.19. The van der Waals surface area contributed by atoms with Gasteiger partial charge in [0.1, 0.15) is 0 Å². The van der Waals surface area contributed by atoms with Gasteiger partial charge in [-0.2, -0.15) is 0 Å². The summed E-state index contributed by atoms with van der Waals surface area (Å²) in [6.07, 6.45) is 9.71. The molecule has 76 valence electrons. The molecule has 1 rings (SSSR count). The molecule has 0 aliphatic heterocycles. The highest BCUT2D eigenvalue weighted by molar-refractivity contribution is 7.07. The van der Waals surface area contributed by atoms with Crippen molar-refractivity contribution >= 4 is 23.5 Å². The molecule has 0 aliphatic rings. The number of thiazole rings is 1. The summed E-state index contributed by atoms with van der Waals surface area (Å²) >= 11 is 1.63. The topological polar surface area (TPSA) is 12.9 Å². The van der Waals surface area contributed by atoms with Gasteiger partial charge >= 0.3 is 0 Å². The molecule has 1 heterocycles. The summed E-state index contributed by atoms with van der Waals surface area (Å²) in [4.78, 5) is 4.19. The summed E-state index contributed by atoms with van der Waals surface area (Å²) in [6, 6.07) is 0. The zero-order valence-corrected chi connectivity index (χ0v) is 9.84. The summed E-state index contributed by atoms with van der Waals surface area (Å²) in [6.45, 7) is 9.63. The van der Waals surface area contributed by atoms with E-state index in [1.807, 2.05) is 50.6 Å². The second-order valence-corrected chi connectivity index (χ2v) is 3.08. The first-order valence-electron chi connectivity index (χ1n) is 4.73. The van der Waals surface area contributed by atoms with E-state index in [2.05, 4.69) is 11.6 Å². The lowest BCUT2D eigenvalue weighted by molar-refractivity contribution is 1.32. The Morgan fingerprint density at radius 3 is 2.64 bits per heavy atom. The van der Waals surface area contributed by atoms with Crippen molar-refractivity contribution in [1.82, 2.24) is 4.98 Å². The lowest BCUT2D eigenvalue weighted by atomic mass is 10.4. The summed E-state index contributed by atoms with van der Waals surface area (Å²) < 4.78 is 1.17. The van der Waals surface area contributed by atoms with Gasteiger partial charge in [0.05, 0.1) is 15.4 Å². The first kappa shape index (κ1) is 12.8. The molecule has 0 fully saturated rings. The van der Waals surface area contributed by atoms with Crippen LogP contribution in [-0.2, 0) is 0 Å². The smallest absolute Gasteiger partial charge is 0.0811 e. The Kier molecular flexibility index (Phi) is 7.75. The maximum absolute atomic E-state index is 4.19. The first-order chi connectivity index (χ1) is 6.88. The number of nitrogens with zero attached hydrogens (tertiary/aromatic N) is 1. The van der Waals surface area contributed by atoms with Crippen LogP contribution in [-0.4, -0.2) is 4.98 Å². The van der Waals surface area contributed by atoms with Crippen LogP contribution >= 0.6 is 11.3 Å². The van der Waals surface area contributed by atoms with E-state index in [0.717, 1.165) is 5.35 Å². The van der Waals surface area contributed by atoms with Crippen molar-refractivity contribution in [1.29, 1.82) is 0 Å². The fourth-order valence-corrected chi connectivity index (χ4v) is 1.49. The van der Waals surface area contributed by atoms with Gasteiger partial charge in [0.25, 0.3) is 0 Å². The van der Waals surface area contributed by atoms with Crippen LogP contribution in [0, 0.1) is 0 Å². The quantitative estimate of drug-likeness (QED) is 0.726. The lowest BCUT2D eigenvalue weighted by Gasteiger charge is -1.73. The second kappa shape index (κ2) is 8.45. The van der Waals surface area contributed by atoms with E-state index in [1.165, 1.54) is 4.53 Å². The minimum atomic E-state index is 0.994. The van der Waals surface area contributed by atoms with Crippen LogP contribution < -0.4 is 9.88 Å². The Labute approximate surface area is 89.8 Å². The van der Waals surface area contributed by atoms with Gasteiger partial charge in [-0.3, -0.25) is 0 Å². The normalized spacial score (nSPS) is 12.8. The summed E-state index contributed by atoms with van der Waals surface area (Å²) in [5.41, 5.74) is 1.84. The average Bonchev–Trinajstić information content (AvgIpc) is 2.66. The monoisotopic (exact) mass is 207 g/mol. The van der Waals surface area contributed by atoms with E-state index < -0.39 is 0 Å². The molecule has 1 aromatic heterocycles. The third-order valence-corrected chi connectivity index (χ3v) is 2.15. The Bertz CT molecular complexity index is 385. The molecule has 0 aliphatic carbocycles. The summed E-state index contributed by atoms with van der Waals surface area (Å²) in [5.74, 6) is 0. The third-order valence-electron chi connectivity index (χ3n) is 1.34. The van der Waals surface area contributed by atoms with E-state index in [1.54, 1.807) is 17.4 Å². The SMILES string of the molecule is C=C/C=c1/ncs/c1=C/C=C\C.CC. The van der Waals surface area contributed by atoms with Crippen molar-refractivity contribution in [3.8, 4) is 0 Å². The molecule has 0 saturated heterocycles. The van der Waals surface area contributed by atoms with Crippen LogP contribution in [0.2, 0.25) is 0 Å². The predicted octanol–water partition coefficient (Wildman–Crippen LogP) is 2.49. The van der Waals surface area contributed by atoms with E-state index in [4.69, 9.17) is 0 Å². The molecule has 0 bridgehead atoms. The average molecular weight is 207 g/mol. The van der Waals surface area contributed by atoms with Gasteiger partial charge in [-0.05, 0) is 19.1 Å². The molecule has 2 heteroatoms. The number of hydrogen-bond donors (Lipinski definition) is 0. The van der Waals surface area contributed by atoms with Gasteiger partial charge in [-0.25, -0.2) is 4.98 Å². The van der Waals surface area contributed by atoms with Crippen molar-refractivity contribution < 1.29 is 0 Å². The molecular weight excluding hydrogens is 190 g/mol. The Hall–Kier alpha value is -1.15. The van der Waals surface area contributed by atoms with Gasteiger partial charge in [0.2, 0.25) is 0 Å². The predicted molar refractivity (Wildman–Crippen MR) is 66.7 cm³/mol. The van der Waals surface area contributed by atoms with Crippen LogP contribution in [0.1, 0.15) is 20.8 Å². The highest BCUT2D eigenvalue weighted by Gasteiger charge is 1.83. The highest BCUT2D eigenvalue weighted by Crippen LogP contribution is 1.79. The standard InChI is InChI=1S/C10H11NS.C2H6/c1-3-5-7-10-9(6-4-2)11-8-12-10;1-2/h3-8H,2H2,1H3;1-2H3/b5-3-,9-6+,10-7+;. The Morgan fingerprint density at radius 1 is 1.36 bits per heavy atom. The van der Waals surface area contributed by atoms with Crippen LogP contribution in [0.25, 0.3) is 12.2 Å². The highest BCUT2D eigenvalue weighted by atomic mass is 32.1. The van der Waals surface area contributed by atoms with Crippen molar-refractivity contribution in [2.75, 3.05) is 0 Å². The molecule has 0 aromatic carbocycles. The molecule has 0 unspecified atom stereocenters. The van der Waals surface area contributed by atoms with Crippen molar-refractivity contribution in [2.24, 2.45) is 0 Å². The molecule has 0 amide bonds. The minimum Gasteiger partial charge on any atom is -0.245 e. The Morgan fingerprint density at radius 2 is 2.07 bits per heavy atom. The van der Waals surface area contributed by atoms with Crippen molar-refractivity contribution in [3.63, 3.8) is 0 Å². The number of allylic oxidation sites excluding steroid dienone is 3. The maximum atomic E-state index is 4.19. The van der Waals surface area contributed by atoms with E-state index in [0.29, 0.717) is 0 Å². The van der Waals surface area contributed by atoms with E-state index in [-0.39, 0.29) is 0 Å². The van der Waals surface area contributed by atoms with Crippen LogP contribution in [0.4, 0.5) is 0 Å². The van der Waals surface area contributed by atoms with Crippen molar-refractivity contribution in [3.05, 3.63) is 40.2 Å². The fraction of sp³-hybridized carbons (Fsp3) is 0.250. The number of aromatic nitrogens is 1. The zero-order chi connectivity index (χ0) is 10.8. The van der Waals surface area contributed by atoms with E-state index >= 15 is 0 Å². The molecule has 14 heavy (non-hydrogen) atoms. The van der Waals surface area contributed by atoms with Crippen molar-refractivity contribution in [2.45, 2.75) is 20.8 Å².